The van der Waals surface area contributed by atoms with Crippen molar-refractivity contribution in [2.75, 3.05) is 5.75 Å². The van der Waals surface area contributed by atoms with Crippen LogP contribution in [0.25, 0.3) is 5.69 Å². The number of para-hydroxylation sites is 1. The van der Waals surface area contributed by atoms with E-state index in [1.165, 1.54) is 22.8 Å². The average molecular weight is 424 g/mol. The number of aromatic nitrogens is 1. The van der Waals surface area contributed by atoms with Crippen LogP contribution in [0.2, 0.25) is 0 Å². The Morgan fingerprint density at radius 1 is 1.10 bits per heavy atom. The van der Waals surface area contributed by atoms with Crippen LogP contribution in [0, 0.1) is 33.5 Å². The van der Waals surface area contributed by atoms with Gasteiger partial charge < -0.3 is 4.57 Å². The molecule has 0 atom stereocenters. The number of carbonyl (C=O) groups is 1. The molecule has 1 amide bonds. The van der Waals surface area contributed by atoms with Crippen LogP contribution in [-0.2, 0) is 10.5 Å². The van der Waals surface area contributed by atoms with E-state index in [0.29, 0.717) is 11.4 Å². The third-order valence-corrected chi connectivity index (χ3v) is 5.74. The zero-order valence-corrected chi connectivity index (χ0v) is 18.5. The zero-order chi connectivity index (χ0) is 21.7. The molecule has 0 bridgehead atoms. The van der Waals surface area contributed by atoms with Crippen molar-refractivity contribution in [3.05, 3.63) is 88.0 Å². The second-order valence-electron chi connectivity index (χ2n) is 7.40. The molecule has 1 aromatic heterocycles. The first-order valence-corrected chi connectivity index (χ1v) is 10.9. The molecule has 4 nitrogen and oxygen atoms in total. The summed E-state index contributed by atoms with van der Waals surface area (Å²) < 4.78 is 16.0. The van der Waals surface area contributed by atoms with Crippen LogP contribution in [0.3, 0.4) is 0 Å². The van der Waals surface area contributed by atoms with Gasteiger partial charge in [-0.05, 0) is 51.5 Å². The summed E-state index contributed by atoms with van der Waals surface area (Å²) >= 11 is 1.55. The minimum atomic E-state index is -0.281. The molecule has 1 heterocycles. The number of halogens is 1. The maximum absolute atomic E-state index is 14.2. The van der Waals surface area contributed by atoms with E-state index < -0.39 is 0 Å². The van der Waals surface area contributed by atoms with Gasteiger partial charge in [0.25, 0.3) is 0 Å². The molecule has 0 radical (unpaired) electrons. The summed E-state index contributed by atoms with van der Waals surface area (Å²) in [6.07, 6.45) is 1.60. The summed E-state index contributed by atoms with van der Waals surface area (Å²) in [5, 5.41) is 4.08. The summed E-state index contributed by atoms with van der Waals surface area (Å²) in [5.74, 6) is 0.683. The number of hydrogen-bond donors (Lipinski definition) is 1. The van der Waals surface area contributed by atoms with Crippen molar-refractivity contribution in [2.24, 2.45) is 5.10 Å². The second-order valence-corrected chi connectivity index (χ2v) is 8.38. The van der Waals surface area contributed by atoms with Gasteiger partial charge >= 0.3 is 0 Å². The lowest BCUT2D eigenvalue weighted by molar-refractivity contribution is -0.118. The summed E-state index contributed by atoms with van der Waals surface area (Å²) in [6, 6.07) is 15.0. The van der Waals surface area contributed by atoms with Crippen molar-refractivity contribution in [3.8, 4) is 5.69 Å². The average Bonchev–Trinajstić information content (AvgIpc) is 2.95. The van der Waals surface area contributed by atoms with Crippen LogP contribution < -0.4 is 5.43 Å². The second kappa shape index (κ2) is 9.76. The highest BCUT2D eigenvalue weighted by molar-refractivity contribution is 7.99. The maximum atomic E-state index is 14.2. The molecule has 3 rings (SSSR count). The number of benzene rings is 2. The van der Waals surface area contributed by atoms with Crippen LogP contribution in [-0.4, -0.2) is 22.4 Å². The van der Waals surface area contributed by atoms with E-state index in [0.717, 1.165) is 22.7 Å². The standard InChI is InChI=1S/C24H26FN3OS/c1-16-9-17(2)11-20(10-16)14-30-15-24(29)27-26-13-21-12-18(3)28(19(21)4)23-8-6-5-7-22(23)25/h5-13H,14-15H2,1-4H3,(H,27,29)/b26-13+. The molecule has 3 aromatic rings. The van der Waals surface area contributed by atoms with Gasteiger partial charge in [-0.3, -0.25) is 4.79 Å². The molecule has 156 valence electrons. The zero-order valence-electron chi connectivity index (χ0n) is 17.7. The number of nitrogens with one attached hydrogen (secondary N) is 1. The maximum Gasteiger partial charge on any atom is 0.250 e. The first-order chi connectivity index (χ1) is 14.3. The van der Waals surface area contributed by atoms with Crippen LogP contribution in [0.1, 0.15) is 33.6 Å². The van der Waals surface area contributed by atoms with Crippen LogP contribution >= 0.6 is 11.8 Å². The van der Waals surface area contributed by atoms with Gasteiger partial charge in [-0.25, -0.2) is 9.82 Å². The Bertz CT molecular complexity index is 1070. The molecule has 2 aromatic carbocycles. The van der Waals surface area contributed by atoms with Gasteiger partial charge in [0, 0.05) is 22.7 Å². The van der Waals surface area contributed by atoms with Gasteiger partial charge in [0.1, 0.15) is 5.82 Å². The Balaban J connectivity index is 1.57. The van der Waals surface area contributed by atoms with E-state index in [4.69, 9.17) is 0 Å². The monoisotopic (exact) mass is 423 g/mol. The molecule has 0 saturated heterocycles. The largest absolute Gasteiger partial charge is 0.315 e. The van der Waals surface area contributed by atoms with Crippen molar-refractivity contribution >= 4 is 23.9 Å². The SMILES string of the molecule is Cc1cc(C)cc(CSCC(=O)N/N=C/c2cc(C)n(-c3ccccc3F)c2C)c1. The lowest BCUT2D eigenvalue weighted by Crippen LogP contribution is -2.19. The smallest absolute Gasteiger partial charge is 0.250 e. The number of rotatable bonds is 7. The molecule has 0 saturated carbocycles. The third kappa shape index (κ3) is 5.39. The third-order valence-electron chi connectivity index (χ3n) is 4.74. The highest BCUT2D eigenvalue weighted by atomic mass is 32.2. The van der Waals surface area contributed by atoms with E-state index in [9.17, 15) is 9.18 Å². The number of aryl methyl sites for hydroxylation is 3. The molecular weight excluding hydrogens is 397 g/mol. The normalized spacial score (nSPS) is 11.2. The van der Waals surface area contributed by atoms with Crippen molar-refractivity contribution in [3.63, 3.8) is 0 Å². The van der Waals surface area contributed by atoms with Crippen LogP contribution in [0.15, 0.2) is 53.6 Å². The van der Waals surface area contributed by atoms with Gasteiger partial charge in [0.2, 0.25) is 5.91 Å². The van der Waals surface area contributed by atoms with Gasteiger partial charge in [0.15, 0.2) is 0 Å². The van der Waals surface area contributed by atoms with E-state index in [2.05, 4.69) is 42.6 Å². The van der Waals surface area contributed by atoms with Gasteiger partial charge in [0.05, 0.1) is 17.7 Å². The molecule has 0 unspecified atom stereocenters. The predicted molar refractivity (Wildman–Crippen MR) is 123 cm³/mol. The lowest BCUT2D eigenvalue weighted by atomic mass is 10.1. The molecule has 1 N–H and O–H groups in total. The number of nitrogens with zero attached hydrogens (tertiary/aromatic N) is 2. The number of hydrazone groups is 1. The lowest BCUT2D eigenvalue weighted by Gasteiger charge is -2.10. The Kier molecular flexibility index (Phi) is 7.11. The van der Waals surface area contributed by atoms with Crippen LogP contribution in [0.5, 0.6) is 0 Å². The van der Waals surface area contributed by atoms with Crippen LogP contribution in [0.4, 0.5) is 4.39 Å². The molecule has 0 aliphatic carbocycles. The molecule has 0 spiro atoms. The molecule has 0 aliphatic heterocycles. The first-order valence-electron chi connectivity index (χ1n) is 9.76. The van der Waals surface area contributed by atoms with Gasteiger partial charge in [-0.2, -0.15) is 5.10 Å². The van der Waals surface area contributed by atoms with Gasteiger partial charge in [-0.15, -0.1) is 11.8 Å². The topological polar surface area (TPSA) is 46.4 Å². The molecular formula is C24H26FN3OS. The van der Waals surface area contributed by atoms with Crippen molar-refractivity contribution in [1.82, 2.24) is 9.99 Å². The minimum Gasteiger partial charge on any atom is -0.315 e. The molecule has 6 heteroatoms. The Morgan fingerprint density at radius 2 is 1.80 bits per heavy atom. The first kappa shape index (κ1) is 21.8. The van der Waals surface area contributed by atoms with E-state index in [1.54, 1.807) is 36.2 Å². The Morgan fingerprint density at radius 3 is 2.50 bits per heavy atom. The highest BCUT2D eigenvalue weighted by Crippen LogP contribution is 2.22. The quantitative estimate of drug-likeness (QED) is 0.418. The van der Waals surface area contributed by atoms with E-state index in [1.807, 2.05) is 24.5 Å². The van der Waals surface area contributed by atoms with Gasteiger partial charge in [-0.1, -0.05) is 41.5 Å². The number of hydrogen-bond acceptors (Lipinski definition) is 3. The fraction of sp³-hybridized carbons (Fsp3) is 0.250. The van der Waals surface area contributed by atoms with Crippen molar-refractivity contribution in [2.45, 2.75) is 33.4 Å². The summed E-state index contributed by atoms with van der Waals surface area (Å²) in [7, 11) is 0. The highest BCUT2D eigenvalue weighted by Gasteiger charge is 2.12. The van der Waals surface area contributed by atoms with E-state index >= 15 is 0 Å². The van der Waals surface area contributed by atoms with Crippen molar-refractivity contribution < 1.29 is 9.18 Å². The predicted octanol–water partition coefficient (Wildman–Crippen LogP) is 5.23. The fourth-order valence-electron chi connectivity index (χ4n) is 3.54. The molecule has 30 heavy (non-hydrogen) atoms. The Labute approximate surface area is 181 Å². The summed E-state index contributed by atoms with van der Waals surface area (Å²) in [5.41, 5.74) is 9.34. The number of carbonyl (C=O) groups excluding carboxylic acids is 1. The molecule has 0 fully saturated rings. The molecule has 0 aliphatic rings. The number of thioether (sulfide) groups is 1. The summed E-state index contributed by atoms with van der Waals surface area (Å²) in [4.78, 5) is 12.1. The minimum absolute atomic E-state index is 0.150. The summed E-state index contributed by atoms with van der Waals surface area (Å²) in [6.45, 7) is 7.97. The fourth-order valence-corrected chi connectivity index (χ4v) is 4.30. The number of amides is 1. The van der Waals surface area contributed by atoms with Crippen molar-refractivity contribution in [1.29, 1.82) is 0 Å². The van der Waals surface area contributed by atoms with E-state index in [-0.39, 0.29) is 11.7 Å². The Hall–Kier alpha value is -2.86.